The van der Waals surface area contributed by atoms with E-state index in [1.165, 1.54) is 6.33 Å². The number of piperidine rings is 1. The molecule has 0 saturated carbocycles. The molecule has 0 atom stereocenters. The number of benzene rings is 1. The van der Waals surface area contributed by atoms with E-state index in [-0.39, 0.29) is 11.7 Å². The summed E-state index contributed by atoms with van der Waals surface area (Å²) in [6.07, 6.45) is 2.83. The fourth-order valence-electron chi connectivity index (χ4n) is 2.78. The lowest BCUT2D eigenvalue weighted by molar-refractivity contribution is 0.0753. The average molecular weight is 319 g/mol. The van der Waals surface area contributed by atoms with Gasteiger partial charge in [-0.25, -0.2) is 4.98 Å². The first-order valence-corrected chi connectivity index (χ1v) is 7.76. The Hall–Kier alpha value is -2.12. The summed E-state index contributed by atoms with van der Waals surface area (Å²) in [5.41, 5.74) is 0.373. The summed E-state index contributed by atoms with van der Waals surface area (Å²) < 4.78 is 11.1. The van der Waals surface area contributed by atoms with Crippen molar-refractivity contribution in [3.63, 3.8) is 0 Å². The molecule has 1 aromatic heterocycles. The van der Waals surface area contributed by atoms with E-state index in [0.29, 0.717) is 29.0 Å². The van der Waals surface area contributed by atoms with E-state index in [1.807, 2.05) is 0 Å². The molecule has 1 aliphatic heterocycles. The minimum absolute atomic E-state index is 0.170. The maximum Gasteiger partial charge on any atom is 0.258 e. The Balaban J connectivity index is 1.68. The Morgan fingerprint density at radius 3 is 2.87 bits per heavy atom. The van der Waals surface area contributed by atoms with Gasteiger partial charge in [0, 0.05) is 25.7 Å². The molecule has 0 aliphatic carbocycles. The first kappa shape index (κ1) is 15.8. The summed E-state index contributed by atoms with van der Waals surface area (Å²) in [5.74, 6) is 1.10. The molecule has 1 aliphatic rings. The number of nitrogens with one attached hydrogen (secondary N) is 1. The summed E-state index contributed by atoms with van der Waals surface area (Å²) in [7, 11) is 1.55. The second-order valence-corrected chi connectivity index (χ2v) is 5.67. The maximum absolute atomic E-state index is 11.8. The lowest BCUT2D eigenvalue weighted by atomic mass is 10.1. The number of hydrogen-bond acceptors (Lipinski definition) is 6. The smallest absolute Gasteiger partial charge is 0.258 e. The van der Waals surface area contributed by atoms with Gasteiger partial charge in [0.25, 0.3) is 5.56 Å². The van der Waals surface area contributed by atoms with Crippen molar-refractivity contribution in [3.8, 4) is 11.5 Å². The van der Waals surface area contributed by atoms with E-state index in [0.717, 1.165) is 32.5 Å². The lowest BCUT2D eigenvalue weighted by Crippen LogP contribution is -2.38. The monoisotopic (exact) mass is 319 g/mol. The van der Waals surface area contributed by atoms with Crippen LogP contribution in [0.2, 0.25) is 0 Å². The van der Waals surface area contributed by atoms with Crippen LogP contribution in [0, 0.1) is 0 Å². The zero-order valence-corrected chi connectivity index (χ0v) is 13.1. The molecule has 2 heterocycles. The second kappa shape index (κ2) is 6.97. The zero-order valence-electron chi connectivity index (χ0n) is 13.1. The molecule has 7 nitrogen and oxygen atoms in total. The highest BCUT2D eigenvalue weighted by Crippen LogP contribution is 2.30. The van der Waals surface area contributed by atoms with E-state index in [2.05, 4.69) is 14.9 Å². The molecule has 1 saturated heterocycles. The van der Waals surface area contributed by atoms with Crippen LogP contribution in [0.5, 0.6) is 11.5 Å². The molecule has 2 N–H and O–H groups in total. The first-order valence-electron chi connectivity index (χ1n) is 7.76. The minimum Gasteiger partial charge on any atom is -0.493 e. The zero-order chi connectivity index (χ0) is 16.2. The summed E-state index contributed by atoms with van der Waals surface area (Å²) >= 11 is 0. The molecule has 0 spiro atoms. The fraction of sp³-hybridized carbons (Fsp3) is 0.500. The molecule has 1 fully saturated rings. The van der Waals surface area contributed by atoms with Gasteiger partial charge in [0.15, 0.2) is 11.5 Å². The van der Waals surface area contributed by atoms with Crippen molar-refractivity contribution in [2.75, 3.05) is 33.4 Å². The van der Waals surface area contributed by atoms with Crippen molar-refractivity contribution in [1.29, 1.82) is 0 Å². The Morgan fingerprint density at radius 1 is 1.35 bits per heavy atom. The second-order valence-electron chi connectivity index (χ2n) is 5.67. The van der Waals surface area contributed by atoms with Crippen LogP contribution >= 0.6 is 0 Å². The predicted octanol–water partition coefficient (Wildman–Crippen LogP) is 0.767. The van der Waals surface area contributed by atoms with Crippen LogP contribution in [0.15, 0.2) is 23.3 Å². The van der Waals surface area contributed by atoms with Gasteiger partial charge < -0.3 is 19.6 Å². The standard InChI is InChI=1S/C16H21N3O4/c1-22-14-8-12-13(17-10-18-16(12)21)9-15(14)23-7-6-19-4-2-11(20)3-5-19/h8-11,20H,2-7H2,1H3,(H,17,18,21). The van der Waals surface area contributed by atoms with Gasteiger partial charge in [0.05, 0.1) is 30.4 Å². The van der Waals surface area contributed by atoms with E-state index >= 15 is 0 Å². The summed E-state index contributed by atoms with van der Waals surface area (Å²) in [6, 6.07) is 3.37. The maximum atomic E-state index is 11.8. The Morgan fingerprint density at radius 2 is 2.13 bits per heavy atom. The first-order chi connectivity index (χ1) is 11.2. The van der Waals surface area contributed by atoms with Crippen LogP contribution in [0.3, 0.4) is 0 Å². The van der Waals surface area contributed by atoms with Crippen molar-refractivity contribution >= 4 is 10.9 Å². The number of aliphatic hydroxyl groups is 1. The van der Waals surface area contributed by atoms with Gasteiger partial charge in [-0.05, 0) is 18.9 Å². The van der Waals surface area contributed by atoms with E-state index in [9.17, 15) is 9.90 Å². The number of nitrogens with zero attached hydrogens (tertiary/aromatic N) is 2. The number of likely N-dealkylation sites (tertiary alicyclic amines) is 1. The van der Waals surface area contributed by atoms with E-state index in [4.69, 9.17) is 9.47 Å². The predicted molar refractivity (Wildman–Crippen MR) is 86.1 cm³/mol. The average Bonchev–Trinajstić information content (AvgIpc) is 2.56. The van der Waals surface area contributed by atoms with Gasteiger partial charge >= 0.3 is 0 Å². The molecule has 0 unspecified atom stereocenters. The quantitative estimate of drug-likeness (QED) is 0.846. The Labute approximate surface area is 133 Å². The molecule has 7 heteroatoms. The highest BCUT2D eigenvalue weighted by Gasteiger charge is 2.17. The van der Waals surface area contributed by atoms with Crippen molar-refractivity contribution in [2.45, 2.75) is 18.9 Å². The van der Waals surface area contributed by atoms with Crippen molar-refractivity contribution < 1.29 is 14.6 Å². The fourth-order valence-corrected chi connectivity index (χ4v) is 2.78. The van der Waals surface area contributed by atoms with E-state index < -0.39 is 0 Å². The number of aromatic nitrogens is 2. The molecule has 124 valence electrons. The normalized spacial score (nSPS) is 16.6. The molecule has 23 heavy (non-hydrogen) atoms. The van der Waals surface area contributed by atoms with E-state index in [1.54, 1.807) is 19.2 Å². The van der Waals surface area contributed by atoms with Crippen LogP contribution in [0.25, 0.3) is 10.9 Å². The van der Waals surface area contributed by atoms with Crippen LogP contribution in [-0.4, -0.2) is 59.4 Å². The number of aliphatic hydroxyl groups excluding tert-OH is 1. The number of fused-ring (bicyclic) bond motifs is 1. The molecule has 3 rings (SSSR count). The number of aromatic amines is 1. The highest BCUT2D eigenvalue weighted by atomic mass is 16.5. The number of H-pyrrole nitrogens is 1. The third-order valence-electron chi connectivity index (χ3n) is 4.15. The molecule has 0 bridgehead atoms. The Kier molecular flexibility index (Phi) is 4.78. The van der Waals surface area contributed by atoms with Crippen molar-refractivity contribution in [3.05, 3.63) is 28.8 Å². The molecule has 1 aromatic carbocycles. The topological polar surface area (TPSA) is 87.7 Å². The van der Waals surface area contributed by atoms with Crippen LogP contribution < -0.4 is 15.0 Å². The van der Waals surface area contributed by atoms with Gasteiger partial charge in [-0.1, -0.05) is 0 Å². The van der Waals surface area contributed by atoms with Crippen molar-refractivity contribution in [2.24, 2.45) is 0 Å². The largest absolute Gasteiger partial charge is 0.493 e. The van der Waals surface area contributed by atoms with Gasteiger partial charge in [-0.15, -0.1) is 0 Å². The van der Waals surface area contributed by atoms with Crippen LogP contribution in [0.1, 0.15) is 12.8 Å². The molecule has 0 amide bonds. The third kappa shape index (κ3) is 3.62. The number of hydrogen-bond donors (Lipinski definition) is 2. The van der Waals surface area contributed by atoms with Gasteiger partial charge in [-0.3, -0.25) is 9.69 Å². The number of methoxy groups -OCH3 is 1. The third-order valence-corrected chi connectivity index (χ3v) is 4.15. The number of ether oxygens (including phenoxy) is 2. The van der Waals surface area contributed by atoms with Gasteiger partial charge in [0.2, 0.25) is 0 Å². The molecular weight excluding hydrogens is 298 g/mol. The Bertz CT molecular complexity index is 723. The molecular formula is C16H21N3O4. The SMILES string of the molecule is COc1cc2c(=O)[nH]cnc2cc1OCCN1CCC(O)CC1. The summed E-state index contributed by atoms with van der Waals surface area (Å²) in [4.78, 5) is 20.8. The summed E-state index contributed by atoms with van der Waals surface area (Å²) in [6.45, 7) is 3.07. The lowest BCUT2D eigenvalue weighted by Gasteiger charge is -2.29. The van der Waals surface area contributed by atoms with Gasteiger partial charge in [-0.2, -0.15) is 0 Å². The molecule has 2 aromatic rings. The summed E-state index contributed by atoms with van der Waals surface area (Å²) in [5, 5.41) is 9.99. The van der Waals surface area contributed by atoms with Crippen molar-refractivity contribution in [1.82, 2.24) is 14.9 Å². The molecule has 0 radical (unpaired) electrons. The minimum atomic E-state index is -0.202. The number of rotatable bonds is 5. The van der Waals surface area contributed by atoms with Gasteiger partial charge in [0.1, 0.15) is 6.61 Å². The highest BCUT2D eigenvalue weighted by molar-refractivity contribution is 5.81. The van der Waals surface area contributed by atoms with Crippen LogP contribution in [0.4, 0.5) is 0 Å². The van der Waals surface area contributed by atoms with Crippen LogP contribution in [-0.2, 0) is 0 Å².